The van der Waals surface area contributed by atoms with Gasteiger partial charge in [-0.2, -0.15) is 0 Å². The van der Waals surface area contributed by atoms with Gasteiger partial charge in [-0.1, -0.05) is 86.6 Å². The second kappa shape index (κ2) is 17.2. The normalized spacial score (nSPS) is 19.2. The van der Waals surface area contributed by atoms with Crippen molar-refractivity contribution in [1.82, 2.24) is 40.4 Å². The van der Waals surface area contributed by atoms with Gasteiger partial charge in [0.2, 0.25) is 5.91 Å². The third kappa shape index (κ3) is 8.07. The van der Waals surface area contributed by atoms with Crippen molar-refractivity contribution in [3.05, 3.63) is 108 Å². The first-order valence-electron chi connectivity index (χ1n) is 21.3. The quantitative estimate of drug-likeness (QED) is 0.112. The fourth-order valence-electron chi connectivity index (χ4n) is 9.14. The van der Waals surface area contributed by atoms with Gasteiger partial charge in [-0.15, -0.1) is 0 Å². The summed E-state index contributed by atoms with van der Waals surface area (Å²) < 4.78 is 21.8. The molecule has 3 fully saturated rings. The van der Waals surface area contributed by atoms with Gasteiger partial charge >= 0.3 is 12.2 Å². The number of aromatic nitrogens is 4. The van der Waals surface area contributed by atoms with Gasteiger partial charge < -0.3 is 49.3 Å². The Morgan fingerprint density at radius 2 is 1.51 bits per heavy atom. The van der Waals surface area contributed by atoms with Gasteiger partial charge in [0.05, 0.1) is 69.0 Å². The molecule has 0 bridgehead atoms. The molecule has 0 saturated carbocycles. The van der Waals surface area contributed by atoms with Crippen LogP contribution < -0.4 is 10.6 Å². The lowest BCUT2D eigenvalue weighted by molar-refractivity contribution is -0.153. The molecule has 6 aromatic rings. The monoisotopic (exact) mass is 854 g/mol. The van der Waals surface area contributed by atoms with E-state index < -0.39 is 36.1 Å². The molecule has 5 heterocycles. The van der Waals surface area contributed by atoms with E-state index in [1.165, 1.54) is 14.2 Å². The van der Waals surface area contributed by atoms with Crippen molar-refractivity contribution in [3.8, 4) is 22.4 Å². The van der Waals surface area contributed by atoms with Crippen LogP contribution in [0.3, 0.4) is 0 Å². The number of likely N-dealkylation sites (tertiary alicyclic amines) is 2. The molecule has 0 aliphatic carbocycles. The third-order valence-corrected chi connectivity index (χ3v) is 12.4. The van der Waals surface area contributed by atoms with Crippen LogP contribution in [0.4, 0.5) is 9.59 Å². The van der Waals surface area contributed by atoms with Crippen molar-refractivity contribution in [1.29, 1.82) is 0 Å². The molecule has 3 aliphatic heterocycles. The maximum Gasteiger partial charge on any atom is 0.407 e. The van der Waals surface area contributed by atoms with Crippen LogP contribution in [-0.4, -0.2) is 106 Å². The summed E-state index contributed by atoms with van der Waals surface area (Å²) in [4.78, 5) is 72.8. The number of benzene rings is 4. The van der Waals surface area contributed by atoms with Crippen molar-refractivity contribution < 1.29 is 38.1 Å². The van der Waals surface area contributed by atoms with Gasteiger partial charge in [-0.05, 0) is 58.5 Å². The molecule has 9 rings (SSSR count). The Morgan fingerprint density at radius 1 is 0.794 bits per heavy atom. The third-order valence-electron chi connectivity index (χ3n) is 12.4. The van der Waals surface area contributed by atoms with Gasteiger partial charge in [0.25, 0.3) is 5.91 Å². The number of ether oxygens (including phenoxy) is 4. The number of carbonyl (C=O) groups excluding carboxylic acids is 4. The highest BCUT2D eigenvalue weighted by Crippen LogP contribution is 2.43. The number of H-pyrrole nitrogens is 2. The number of aromatic amines is 2. The number of fused-ring (bicyclic) bond motifs is 3. The van der Waals surface area contributed by atoms with Crippen LogP contribution >= 0.6 is 0 Å². The lowest BCUT2D eigenvalue weighted by Crippen LogP contribution is -2.51. The molecule has 3 aliphatic rings. The molecule has 0 radical (unpaired) electrons. The number of alkyl carbamates (subject to hydrolysis) is 2. The van der Waals surface area contributed by atoms with Crippen LogP contribution in [0.2, 0.25) is 0 Å². The minimum absolute atomic E-state index is 0.122. The Bertz CT molecular complexity index is 2660. The van der Waals surface area contributed by atoms with Crippen molar-refractivity contribution >= 4 is 45.8 Å². The van der Waals surface area contributed by atoms with Crippen LogP contribution in [0, 0.1) is 5.92 Å². The Kier molecular flexibility index (Phi) is 11.3. The van der Waals surface area contributed by atoms with E-state index in [1.807, 2.05) is 55.1 Å². The fraction of sp³-hybridized carbons (Fsp3) is 0.362. The van der Waals surface area contributed by atoms with Crippen molar-refractivity contribution in [2.45, 2.75) is 63.1 Å². The van der Waals surface area contributed by atoms with Gasteiger partial charge in [-0.25, -0.2) is 19.6 Å². The number of rotatable bonds is 10. The molecule has 16 nitrogen and oxygen atoms in total. The van der Waals surface area contributed by atoms with E-state index in [9.17, 15) is 19.2 Å². The molecule has 4 N–H and O–H groups in total. The fourth-order valence-corrected chi connectivity index (χ4v) is 9.14. The van der Waals surface area contributed by atoms with Crippen LogP contribution in [0.5, 0.6) is 0 Å². The van der Waals surface area contributed by atoms with E-state index in [4.69, 9.17) is 28.9 Å². The molecule has 2 aromatic heterocycles. The second-order valence-electron chi connectivity index (χ2n) is 16.6. The van der Waals surface area contributed by atoms with Crippen LogP contribution in [0.1, 0.15) is 68.4 Å². The smallest absolute Gasteiger partial charge is 0.407 e. The SMILES string of the molecule is COC(=O)N[C@H](C(=O)N1CCC[C@H]1c1nc2c(ccc3cc(-c4ccc(-c5cnc([C@@H]6CC7(CN6C(=O)[C@H](NC(=O)OC)c6ccccc6)OCCO7)[nH]5)cc4)ccc32)[nH]1)C(C)C. The summed E-state index contributed by atoms with van der Waals surface area (Å²) >= 11 is 0. The first kappa shape index (κ1) is 41.6. The average Bonchev–Trinajstić information content (AvgIpc) is 4.17. The standard InChI is InChI=1S/C47H50N8O8/c1-27(2)38(52-45(58)60-3)43(56)54-20-8-11-36(54)42-49-34-19-17-32-23-31(16-18-33(32)40(34)51-42)28-12-14-29(15-13-28)35-25-48-41(50-35)37-24-47(62-21-22-63-47)26-55(37)44(57)39(53-46(59)61-4)30-9-6-5-7-10-30/h5-7,9-10,12-19,23,25,27,36-39H,8,11,20-22,24,26H2,1-4H3,(H,48,50)(H,49,51)(H,52,58)(H,53,59)/t36-,37-,38-,39+/m0/s1. The highest BCUT2D eigenvalue weighted by Gasteiger charge is 2.52. The summed E-state index contributed by atoms with van der Waals surface area (Å²) in [6.07, 6.45) is 2.38. The number of hydrogen-bond donors (Lipinski definition) is 4. The predicted molar refractivity (Wildman–Crippen MR) is 233 cm³/mol. The Labute approximate surface area is 363 Å². The Morgan fingerprint density at radius 3 is 2.24 bits per heavy atom. The zero-order valence-electron chi connectivity index (χ0n) is 35.6. The molecular weight excluding hydrogens is 805 g/mol. The van der Waals surface area contributed by atoms with Crippen LogP contribution in [0.15, 0.2) is 91.1 Å². The van der Waals surface area contributed by atoms with E-state index >= 15 is 0 Å². The van der Waals surface area contributed by atoms with E-state index in [-0.39, 0.29) is 30.3 Å². The lowest BCUT2D eigenvalue weighted by atomic mass is 9.99. The lowest BCUT2D eigenvalue weighted by Gasteiger charge is -2.29. The minimum Gasteiger partial charge on any atom is -0.453 e. The number of nitrogens with zero attached hydrogens (tertiary/aromatic N) is 4. The largest absolute Gasteiger partial charge is 0.453 e. The first-order valence-corrected chi connectivity index (χ1v) is 21.3. The van der Waals surface area contributed by atoms with E-state index in [0.717, 1.165) is 62.9 Å². The van der Waals surface area contributed by atoms with Crippen LogP contribution in [-0.2, 0) is 28.5 Å². The van der Waals surface area contributed by atoms with Gasteiger partial charge in [0.15, 0.2) is 5.79 Å². The Hall–Kier alpha value is -6.78. The first-order chi connectivity index (χ1) is 30.5. The maximum absolute atomic E-state index is 14.4. The number of nitrogens with one attached hydrogen (secondary N) is 4. The zero-order valence-corrected chi connectivity index (χ0v) is 35.6. The van der Waals surface area contributed by atoms with Crippen molar-refractivity contribution in [2.75, 3.05) is 40.5 Å². The number of carbonyl (C=O) groups is 4. The molecule has 4 aromatic carbocycles. The molecule has 326 valence electrons. The van der Waals surface area contributed by atoms with E-state index in [2.05, 4.69) is 57.0 Å². The number of methoxy groups -OCH3 is 2. The predicted octanol–water partition coefficient (Wildman–Crippen LogP) is 6.93. The van der Waals surface area contributed by atoms with E-state index in [1.54, 1.807) is 23.2 Å². The molecule has 63 heavy (non-hydrogen) atoms. The molecule has 1 spiro atoms. The molecule has 4 amide bonds. The molecule has 16 heteroatoms. The number of imidazole rings is 2. The number of hydrogen-bond acceptors (Lipinski definition) is 10. The topological polar surface area (TPSA) is 193 Å². The highest BCUT2D eigenvalue weighted by atomic mass is 16.7. The molecular formula is C47H50N8O8. The second-order valence-corrected chi connectivity index (χ2v) is 16.6. The average molecular weight is 855 g/mol. The van der Waals surface area contributed by atoms with Gasteiger partial charge in [-0.3, -0.25) is 9.59 Å². The molecule has 4 atom stereocenters. The summed E-state index contributed by atoms with van der Waals surface area (Å²) in [6, 6.07) is 25.2. The van der Waals surface area contributed by atoms with Crippen molar-refractivity contribution in [3.63, 3.8) is 0 Å². The summed E-state index contributed by atoms with van der Waals surface area (Å²) in [5, 5.41) is 7.45. The minimum atomic E-state index is -1.00. The molecule has 0 unspecified atom stereocenters. The number of amides is 4. The summed E-state index contributed by atoms with van der Waals surface area (Å²) in [6.45, 7) is 5.39. The Balaban J connectivity index is 0.937. The van der Waals surface area contributed by atoms with Gasteiger partial charge in [0.1, 0.15) is 23.7 Å². The van der Waals surface area contributed by atoms with Crippen LogP contribution in [0.25, 0.3) is 44.2 Å². The summed E-state index contributed by atoms with van der Waals surface area (Å²) in [7, 11) is 2.55. The zero-order chi connectivity index (χ0) is 43.8. The van der Waals surface area contributed by atoms with E-state index in [0.29, 0.717) is 37.6 Å². The maximum atomic E-state index is 14.4. The summed E-state index contributed by atoms with van der Waals surface area (Å²) in [5.74, 6) is -0.282. The molecule has 3 saturated heterocycles. The highest BCUT2D eigenvalue weighted by molar-refractivity contribution is 6.05. The van der Waals surface area contributed by atoms with Gasteiger partial charge in [0, 0.05) is 18.4 Å². The summed E-state index contributed by atoms with van der Waals surface area (Å²) in [5.41, 5.74) is 6.10. The van der Waals surface area contributed by atoms with Crippen molar-refractivity contribution in [2.24, 2.45) is 5.92 Å².